The molecule has 2 fully saturated rings. The number of likely N-dealkylation sites (tertiary alicyclic amines) is 1. The van der Waals surface area contributed by atoms with Crippen LogP contribution in [0.3, 0.4) is 0 Å². The molecule has 2 saturated heterocycles. The van der Waals surface area contributed by atoms with Crippen molar-refractivity contribution in [2.75, 3.05) is 39.4 Å². The van der Waals surface area contributed by atoms with Gasteiger partial charge in [-0.2, -0.15) is 0 Å². The highest BCUT2D eigenvalue weighted by atomic mass is 16.5. The molecular weight excluding hydrogens is 428 g/mol. The third-order valence-corrected chi connectivity index (χ3v) is 7.36. The molecule has 6 heteroatoms. The quantitative estimate of drug-likeness (QED) is 0.579. The molecule has 0 bridgehead atoms. The van der Waals surface area contributed by atoms with E-state index >= 15 is 0 Å². The zero-order valence-electron chi connectivity index (χ0n) is 19.7. The van der Waals surface area contributed by atoms with E-state index in [1.807, 2.05) is 46.2 Å². The molecule has 34 heavy (non-hydrogen) atoms. The fraction of sp³-hybridized carbons (Fsp3) is 0.429. The Labute approximate surface area is 200 Å². The van der Waals surface area contributed by atoms with Gasteiger partial charge in [0.2, 0.25) is 5.91 Å². The van der Waals surface area contributed by atoms with Crippen LogP contribution >= 0.6 is 0 Å². The molecule has 178 valence electrons. The van der Waals surface area contributed by atoms with E-state index in [-0.39, 0.29) is 17.7 Å². The van der Waals surface area contributed by atoms with E-state index in [0.29, 0.717) is 57.8 Å². The van der Waals surface area contributed by atoms with Gasteiger partial charge in [-0.25, -0.2) is 0 Å². The highest BCUT2D eigenvalue weighted by Gasteiger charge is 2.41. The maximum absolute atomic E-state index is 13.7. The maximum atomic E-state index is 13.7. The number of piperidine rings is 1. The predicted molar refractivity (Wildman–Crippen MR) is 130 cm³/mol. The number of fused-ring (bicyclic) bond motifs is 1. The number of hydrogen-bond donors (Lipinski definition) is 0. The van der Waals surface area contributed by atoms with Gasteiger partial charge in [0, 0.05) is 48.5 Å². The van der Waals surface area contributed by atoms with E-state index in [1.54, 1.807) is 6.26 Å². The fourth-order valence-electron chi connectivity index (χ4n) is 5.21. The summed E-state index contributed by atoms with van der Waals surface area (Å²) < 4.78 is 11.4. The number of nitrogens with zero attached hydrogens (tertiary/aromatic N) is 2. The van der Waals surface area contributed by atoms with Crippen LogP contribution in [-0.2, 0) is 16.0 Å². The number of amides is 2. The molecule has 0 spiro atoms. The molecule has 0 unspecified atom stereocenters. The summed E-state index contributed by atoms with van der Waals surface area (Å²) in [6.45, 7) is 5.79. The minimum Gasteiger partial charge on any atom is -0.464 e. The lowest BCUT2D eigenvalue weighted by Gasteiger charge is -2.41. The van der Waals surface area contributed by atoms with Crippen LogP contribution < -0.4 is 0 Å². The van der Waals surface area contributed by atoms with Crippen molar-refractivity contribution in [1.82, 2.24) is 9.80 Å². The Bertz CT molecular complexity index is 1150. The Hall–Kier alpha value is -3.12. The highest BCUT2D eigenvalue weighted by molar-refractivity contribution is 5.94. The number of hydrogen-bond acceptors (Lipinski definition) is 4. The van der Waals surface area contributed by atoms with E-state index in [2.05, 4.69) is 25.1 Å². The molecule has 1 atom stereocenters. The zero-order valence-corrected chi connectivity index (χ0v) is 19.7. The Morgan fingerprint density at radius 1 is 1.00 bits per heavy atom. The van der Waals surface area contributed by atoms with Gasteiger partial charge in [0.15, 0.2) is 0 Å². The zero-order chi connectivity index (χ0) is 23.5. The molecular formula is C28H32N2O4. The smallest absolute Gasteiger partial charge is 0.253 e. The molecule has 3 heterocycles. The Morgan fingerprint density at radius 3 is 2.59 bits per heavy atom. The molecule has 5 rings (SSSR count). The molecule has 0 radical (unpaired) electrons. The van der Waals surface area contributed by atoms with Gasteiger partial charge in [-0.1, -0.05) is 37.3 Å². The molecule has 6 nitrogen and oxygen atoms in total. The molecule has 0 N–H and O–H groups in total. The van der Waals surface area contributed by atoms with Gasteiger partial charge < -0.3 is 19.0 Å². The van der Waals surface area contributed by atoms with Crippen molar-refractivity contribution in [3.8, 4) is 0 Å². The third-order valence-electron chi connectivity index (χ3n) is 7.36. The van der Waals surface area contributed by atoms with Crippen molar-refractivity contribution in [3.05, 3.63) is 72.0 Å². The molecule has 2 aromatic carbocycles. The first-order valence-electron chi connectivity index (χ1n) is 12.2. The van der Waals surface area contributed by atoms with E-state index < -0.39 is 5.41 Å². The standard InChI is InChI=1S/C28H32N2O4/c1-28(10-12-29(13-11-28)26(31)24-5-3-2-4-6-24)27(32)30-14-16-33-20-22(19-30)17-21-7-8-23-9-15-34-25(23)18-21/h2-9,15,18,22H,10-14,16-17,19-20H2,1H3/t22-/m1/s1. The van der Waals surface area contributed by atoms with Crippen LogP contribution in [-0.4, -0.2) is 61.0 Å². The summed E-state index contributed by atoms with van der Waals surface area (Å²) in [7, 11) is 0. The van der Waals surface area contributed by atoms with Crippen LogP contribution in [0.5, 0.6) is 0 Å². The molecule has 0 aliphatic carbocycles. The highest BCUT2D eigenvalue weighted by Crippen LogP contribution is 2.34. The number of ether oxygens (including phenoxy) is 1. The van der Waals surface area contributed by atoms with Crippen molar-refractivity contribution in [2.24, 2.45) is 11.3 Å². The first-order chi connectivity index (χ1) is 16.5. The average molecular weight is 461 g/mol. The van der Waals surface area contributed by atoms with Crippen LogP contribution in [0.2, 0.25) is 0 Å². The number of rotatable bonds is 4. The number of furan rings is 1. The lowest BCUT2D eigenvalue weighted by atomic mass is 9.78. The molecule has 2 aliphatic heterocycles. The minimum absolute atomic E-state index is 0.0480. The van der Waals surface area contributed by atoms with Crippen LogP contribution in [0.4, 0.5) is 0 Å². The van der Waals surface area contributed by atoms with Crippen LogP contribution in [0.1, 0.15) is 35.7 Å². The van der Waals surface area contributed by atoms with Gasteiger partial charge in [0.25, 0.3) is 5.91 Å². The maximum Gasteiger partial charge on any atom is 0.253 e. The van der Waals surface area contributed by atoms with E-state index in [4.69, 9.17) is 9.15 Å². The largest absolute Gasteiger partial charge is 0.464 e. The number of carbonyl (C=O) groups excluding carboxylic acids is 2. The van der Waals surface area contributed by atoms with Gasteiger partial charge in [0.05, 0.1) is 19.5 Å². The minimum atomic E-state index is -0.449. The van der Waals surface area contributed by atoms with Gasteiger partial charge in [-0.15, -0.1) is 0 Å². The van der Waals surface area contributed by atoms with Crippen molar-refractivity contribution in [2.45, 2.75) is 26.2 Å². The number of benzene rings is 2. The number of carbonyl (C=O) groups is 2. The monoisotopic (exact) mass is 460 g/mol. The Balaban J connectivity index is 1.22. The average Bonchev–Trinajstić information content (AvgIpc) is 3.21. The second-order valence-corrected chi connectivity index (χ2v) is 9.91. The summed E-state index contributed by atoms with van der Waals surface area (Å²) in [5, 5.41) is 1.10. The van der Waals surface area contributed by atoms with E-state index in [9.17, 15) is 9.59 Å². The lowest BCUT2D eigenvalue weighted by Crippen LogP contribution is -2.51. The summed E-state index contributed by atoms with van der Waals surface area (Å²) in [6, 6.07) is 17.7. The van der Waals surface area contributed by atoms with Crippen molar-refractivity contribution in [1.29, 1.82) is 0 Å². The Kier molecular flexibility index (Phi) is 6.42. The van der Waals surface area contributed by atoms with Crippen molar-refractivity contribution < 1.29 is 18.7 Å². The normalized spacial score (nSPS) is 20.8. The van der Waals surface area contributed by atoms with Gasteiger partial charge in [-0.05, 0) is 49.1 Å². The van der Waals surface area contributed by atoms with Crippen molar-refractivity contribution >= 4 is 22.8 Å². The summed E-state index contributed by atoms with van der Waals surface area (Å²) >= 11 is 0. The van der Waals surface area contributed by atoms with Gasteiger partial charge >= 0.3 is 0 Å². The third kappa shape index (κ3) is 4.73. The first-order valence-corrected chi connectivity index (χ1v) is 12.2. The molecule has 2 aliphatic rings. The van der Waals surface area contributed by atoms with Crippen LogP contribution in [0.15, 0.2) is 65.3 Å². The summed E-state index contributed by atoms with van der Waals surface area (Å²) in [5.74, 6) is 0.477. The topological polar surface area (TPSA) is 63.0 Å². The van der Waals surface area contributed by atoms with Gasteiger partial charge in [-0.3, -0.25) is 9.59 Å². The first kappa shape index (κ1) is 22.7. The van der Waals surface area contributed by atoms with Crippen molar-refractivity contribution in [3.63, 3.8) is 0 Å². The fourth-order valence-corrected chi connectivity index (χ4v) is 5.21. The van der Waals surface area contributed by atoms with E-state index in [0.717, 1.165) is 17.4 Å². The van der Waals surface area contributed by atoms with Crippen LogP contribution in [0, 0.1) is 11.3 Å². The van der Waals surface area contributed by atoms with Crippen LogP contribution in [0.25, 0.3) is 11.0 Å². The second kappa shape index (κ2) is 9.63. The van der Waals surface area contributed by atoms with Gasteiger partial charge in [0.1, 0.15) is 5.58 Å². The lowest BCUT2D eigenvalue weighted by molar-refractivity contribution is -0.144. The predicted octanol–water partition coefficient (Wildman–Crippen LogP) is 4.39. The van der Waals surface area contributed by atoms with E-state index in [1.165, 1.54) is 5.56 Å². The molecule has 2 amide bonds. The molecule has 1 aromatic heterocycles. The Morgan fingerprint density at radius 2 is 1.79 bits per heavy atom. The summed E-state index contributed by atoms with van der Waals surface area (Å²) in [6.07, 6.45) is 3.92. The summed E-state index contributed by atoms with van der Waals surface area (Å²) in [4.78, 5) is 30.4. The molecule has 0 saturated carbocycles. The summed E-state index contributed by atoms with van der Waals surface area (Å²) in [5.41, 5.74) is 2.35. The molecule has 3 aromatic rings. The second-order valence-electron chi connectivity index (χ2n) is 9.91. The SMILES string of the molecule is CC1(C(=O)N2CCOC[C@H](Cc3ccc4ccoc4c3)C2)CCN(C(=O)c2ccccc2)CC1.